The first-order valence-electron chi connectivity index (χ1n) is 6.97. The van der Waals surface area contributed by atoms with Gasteiger partial charge in [0.05, 0.1) is 5.39 Å². The van der Waals surface area contributed by atoms with Crippen LogP contribution in [-0.2, 0) is 0 Å². The van der Waals surface area contributed by atoms with Gasteiger partial charge < -0.3 is 10.2 Å². The number of aromatic nitrogens is 2. The fraction of sp³-hybridized carbons (Fsp3) is 0.538. The number of hydrogen-bond donors (Lipinski definition) is 3. The van der Waals surface area contributed by atoms with Crippen LogP contribution in [-0.4, -0.2) is 40.5 Å². The Morgan fingerprint density at radius 1 is 1.40 bits per heavy atom. The molecule has 1 unspecified atom stereocenters. The third-order valence-electron chi connectivity index (χ3n) is 3.57. The molecule has 0 amide bonds. The molecule has 20 heavy (non-hydrogen) atoms. The van der Waals surface area contributed by atoms with Gasteiger partial charge in [0.1, 0.15) is 10.6 Å². The van der Waals surface area contributed by atoms with Crippen molar-refractivity contribution in [2.24, 2.45) is 5.84 Å². The third kappa shape index (κ3) is 2.84. The number of hydrazine groups is 1. The maximum absolute atomic E-state index is 5.43. The summed E-state index contributed by atoms with van der Waals surface area (Å²) in [7, 11) is 0. The van der Waals surface area contributed by atoms with Crippen molar-refractivity contribution in [3.05, 3.63) is 11.4 Å². The number of nitrogens with two attached hydrogens (primary N) is 1. The van der Waals surface area contributed by atoms with E-state index >= 15 is 0 Å². The van der Waals surface area contributed by atoms with Crippen molar-refractivity contribution in [1.82, 2.24) is 14.9 Å². The highest BCUT2D eigenvalue weighted by Gasteiger charge is 2.16. The molecule has 0 spiro atoms. The van der Waals surface area contributed by atoms with Gasteiger partial charge in [0.15, 0.2) is 0 Å². The molecule has 1 saturated heterocycles. The molecule has 0 aliphatic carbocycles. The van der Waals surface area contributed by atoms with Crippen LogP contribution in [0.4, 0.5) is 11.8 Å². The van der Waals surface area contributed by atoms with Gasteiger partial charge in [-0.15, -0.1) is 11.3 Å². The lowest BCUT2D eigenvalue weighted by Crippen LogP contribution is -2.33. The van der Waals surface area contributed by atoms with Gasteiger partial charge in [0.25, 0.3) is 0 Å². The zero-order valence-electron chi connectivity index (χ0n) is 11.6. The molecule has 3 rings (SSSR count). The Morgan fingerprint density at radius 3 is 2.95 bits per heavy atom. The molecule has 1 atom stereocenters. The smallest absolute Gasteiger partial charge is 0.240 e. The Balaban J connectivity index is 1.76. The van der Waals surface area contributed by atoms with Gasteiger partial charge in [-0.1, -0.05) is 0 Å². The highest BCUT2D eigenvalue weighted by Crippen LogP contribution is 2.26. The monoisotopic (exact) mass is 292 g/mol. The highest BCUT2D eigenvalue weighted by atomic mass is 32.1. The van der Waals surface area contributed by atoms with Crippen molar-refractivity contribution < 1.29 is 0 Å². The van der Waals surface area contributed by atoms with E-state index in [0.717, 1.165) is 22.6 Å². The van der Waals surface area contributed by atoms with Gasteiger partial charge in [-0.3, -0.25) is 5.43 Å². The van der Waals surface area contributed by atoms with E-state index in [9.17, 15) is 0 Å². The molecule has 2 aromatic rings. The molecular weight excluding hydrogens is 272 g/mol. The number of nitrogen functional groups attached to an aromatic ring is 1. The summed E-state index contributed by atoms with van der Waals surface area (Å²) >= 11 is 1.59. The maximum Gasteiger partial charge on any atom is 0.240 e. The second-order valence-electron chi connectivity index (χ2n) is 5.23. The maximum atomic E-state index is 5.43. The Bertz CT molecular complexity index is 577. The minimum atomic E-state index is 0.344. The Hall–Kier alpha value is -1.44. The fourth-order valence-electron chi connectivity index (χ4n) is 2.66. The molecule has 4 N–H and O–H groups in total. The summed E-state index contributed by atoms with van der Waals surface area (Å²) in [5, 5.41) is 6.57. The van der Waals surface area contributed by atoms with Crippen LogP contribution in [0.25, 0.3) is 10.2 Å². The van der Waals surface area contributed by atoms with Crippen LogP contribution in [0.2, 0.25) is 0 Å². The van der Waals surface area contributed by atoms with E-state index in [2.05, 4.69) is 32.5 Å². The predicted molar refractivity (Wildman–Crippen MR) is 84.0 cm³/mol. The minimum Gasteiger partial charge on any atom is -0.366 e. The average molecular weight is 292 g/mol. The van der Waals surface area contributed by atoms with Crippen LogP contribution in [0.3, 0.4) is 0 Å². The molecule has 0 radical (unpaired) electrons. The summed E-state index contributed by atoms with van der Waals surface area (Å²) in [6, 6.07) is 2.39. The van der Waals surface area contributed by atoms with Crippen LogP contribution < -0.4 is 16.6 Å². The molecule has 3 heterocycles. The standard InChI is InChI=1S/C13H20N6S/c1-9(8-19-5-2-3-6-19)15-11-10-4-7-20-12(10)17-13(16-11)18-14/h4,7,9H,2-3,5-6,8,14H2,1H3,(H2,15,16,17,18). The second kappa shape index (κ2) is 5.90. The largest absolute Gasteiger partial charge is 0.366 e. The Kier molecular flexibility index (Phi) is 4.00. The number of thiophene rings is 1. The number of anilines is 2. The van der Waals surface area contributed by atoms with Crippen LogP contribution in [0, 0.1) is 0 Å². The zero-order valence-corrected chi connectivity index (χ0v) is 12.4. The molecule has 2 aromatic heterocycles. The lowest BCUT2D eigenvalue weighted by Gasteiger charge is -2.22. The summed E-state index contributed by atoms with van der Waals surface area (Å²) in [6.07, 6.45) is 2.63. The molecule has 0 aromatic carbocycles. The fourth-order valence-corrected chi connectivity index (χ4v) is 3.43. The normalized spacial score (nSPS) is 17.5. The number of nitrogens with zero attached hydrogens (tertiary/aromatic N) is 3. The molecule has 6 nitrogen and oxygen atoms in total. The molecule has 1 fully saturated rings. The number of nitrogens with one attached hydrogen (secondary N) is 2. The predicted octanol–water partition coefficient (Wildman–Crippen LogP) is 1.87. The summed E-state index contributed by atoms with van der Waals surface area (Å²) in [4.78, 5) is 12.2. The first-order chi connectivity index (χ1) is 9.76. The number of likely N-dealkylation sites (tertiary alicyclic amines) is 1. The Morgan fingerprint density at radius 2 is 2.20 bits per heavy atom. The van der Waals surface area contributed by atoms with Crippen LogP contribution >= 0.6 is 11.3 Å². The number of fused-ring (bicyclic) bond motifs is 1. The van der Waals surface area contributed by atoms with Crippen molar-refractivity contribution in [2.75, 3.05) is 30.4 Å². The van der Waals surface area contributed by atoms with Crippen molar-refractivity contribution in [2.45, 2.75) is 25.8 Å². The van der Waals surface area contributed by atoms with E-state index in [0.29, 0.717) is 12.0 Å². The molecule has 0 saturated carbocycles. The van der Waals surface area contributed by atoms with Gasteiger partial charge in [0.2, 0.25) is 5.95 Å². The highest BCUT2D eigenvalue weighted by molar-refractivity contribution is 7.16. The quantitative estimate of drug-likeness (QED) is 0.577. The van der Waals surface area contributed by atoms with Crippen LogP contribution in [0.5, 0.6) is 0 Å². The molecule has 1 aliphatic rings. The van der Waals surface area contributed by atoms with Crippen molar-refractivity contribution >= 4 is 33.3 Å². The van der Waals surface area contributed by atoms with Crippen LogP contribution in [0.15, 0.2) is 11.4 Å². The summed E-state index contributed by atoms with van der Waals surface area (Å²) < 4.78 is 0. The first kappa shape index (κ1) is 13.5. The average Bonchev–Trinajstić information content (AvgIpc) is 3.09. The zero-order chi connectivity index (χ0) is 13.9. The first-order valence-corrected chi connectivity index (χ1v) is 7.85. The van der Waals surface area contributed by atoms with Gasteiger partial charge in [-0.05, 0) is 44.3 Å². The van der Waals surface area contributed by atoms with Crippen molar-refractivity contribution in [3.63, 3.8) is 0 Å². The second-order valence-corrected chi connectivity index (χ2v) is 6.13. The SMILES string of the molecule is CC(CN1CCCC1)Nc1nc(NN)nc2sccc12. The summed E-state index contributed by atoms with van der Waals surface area (Å²) in [5.41, 5.74) is 2.53. The van der Waals surface area contributed by atoms with Crippen LogP contribution in [0.1, 0.15) is 19.8 Å². The van der Waals surface area contributed by atoms with E-state index in [1.165, 1.54) is 25.9 Å². The molecular formula is C13H20N6S. The van der Waals surface area contributed by atoms with Gasteiger partial charge in [0, 0.05) is 12.6 Å². The topological polar surface area (TPSA) is 79.1 Å². The number of hydrogen-bond acceptors (Lipinski definition) is 7. The number of rotatable bonds is 5. The minimum absolute atomic E-state index is 0.344. The van der Waals surface area contributed by atoms with Crippen molar-refractivity contribution in [1.29, 1.82) is 0 Å². The van der Waals surface area contributed by atoms with Crippen molar-refractivity contribution in [3.8, 4) is 0 Å². The Labute approximate surface area is 122 Å². The molecule has 1 aliphatic heterocycles. The van der Waals surface area contributed by atoms with E-state index in [1.54, 1.807) is 11.3 Å². The molecule has 7 heteroatoms. The van der Waals surface area contributed by atoms with E-state index in [-0.39, 0.29) is 0 Å². The van der Waals surface area contributed by atoms with E-state index in [1.807, 2.05) is 11.4 Å². The molecule has 108 valence electrons. The van der Waals surface area contributed by atoms with Gasteiger partial charge in [-0.2, -0.15) is 4.98 Å². The third-order valence-corrected chi connectivity index (χ3v) is 4.37. The van der Waals surface area contributed by atoms with Gasteiger partial charge >= 0.3 is 0 Å². The summed E-state index contributed by atoms with van der Waals surface area (Å²) in [5.74, 6) is 6.75. The lowest BCUT2D eigenvalue weighted by atomic mass is 10.3. The lowest BCUT2D eigenvalue weighted by molar-refractivity contribution is 0.327. The summed E-state index contributed by atoms with van der Waals surface area (Å²) in [6.45, 7) is 5.65. The van der Waals surface area contributed by atoms with E-state index < -0.39 is 0 Å². The van der Waals surface area contributed by atoms with E-state index in [4.69, 9.17) is 5.84 Å². The van der Waals surface area contributed by atoms with Gasteiger partial charge in [-0.25, -0.2) is 10.8 Å². The molecule has 0 bridgehead atoms.